The van der Waals surface area contributed by atoms with Crippen LogP contribution in [0.4, 0.5) is 0 Å². The minimum atomic E-state index is 0.0868. The summed E-state index contributed by atoms with van der Waals surface area (Å²) in [7, 11) is 1.47. The number of methoxy groups -OCH3 is 1. The fraction of sp³-hybridized carbons (Fsp3) is 0.444. The second-order valence-corrected chi connectivity index (χ2v) is 2.77. The van der Waals surface area contributed by atoms with Gasteiger partial charge in [0, 0.05) is 5.56 Å². The third kappa shape index (κ3) is 1.22. The summed E-state index contributed by atoms with van der Waals surface area (Å²) in [4.78, 5) is 0. The van der Waals surface area contributed by atoms with Gasteiger partial charge in [-0.1, -0.05) is 0 Å². The fourth-order valence-electron chi connectivity index (χ4n) is 1.05. The van der Waals surface area contributed by atoms with E-state index in [1.807, 2.05) is 20.8 Å². The number of aryl methyl sites for hydroxylation is 1. The number of hydrogen-bond donors (Lipinski definition) is 1. The molecular formula is C9H13NO2. The highest BCUT2D eigenvalue weighted by Crippen LogP contribution is 2.20. The van der Waals surface area contributed by atoms with E-state index < -0.39 is 0 Å². The molecule has 0 saturated heterocycles. The molecule has 0 aliphatic carbocycles. The lowest BCUT2D eigenvalue weighted by atomic mass is 10.1. The largest absolute Gasteiger partial charge is 0.479 e. The number of nitrogens with one attached hydrogen (secondary N) is 1. The molecule has 1 aromatic heterocycles. The molecule has 0 atom stereocenters. The molecule has 0 unspecified atom stereocenters. The second-order valence-electron chi connectivity index (χ2n) is 2.77. The Morgan fingerprint density at radius 3 is 2.17 bits per heavy atom. The third-order valence-electron chi connectivity index (χ3n) is 2.10. The predicted octanol–water partition coefficient (Wildman–Crippen LogP) is 2.18. The van der Waals surface area contributed by atoms with Gasteiger partial charge in [-0.15, -0.1) is 0 Å². The quantitative estimate of drug-likeness (QED) is 0.514. The highest BCUT2D eigenvalue weighted by molar-refractivity contribution is 5.90. The Balaban J connectivity index is 3.17. The van der Waals surface area contributed by atoms with Gasteiger partial charge in [-0.2, -0.15) is 0 Å². The van der Waals surface area contributed by atoms with E-state index in [1.54, 1.807) is 0 Å². The van der Waals surface area contributed by atoms with Crippen LogP contribution in [-0.2, 0) is 4.74 Å². The maximum absolute atomic E-state index is 7.41. The minimum absolute atomic E-state index is 0.0868. The lowest BCUT2D eigenvalue weighted by molar-refractivity contribution is 0.381. The van der Waals surface area contributed by atoms with Gasteiger partial charge in [0.25, 0.3) is 0 Å². The summed E-state index contributed by atoms with van der Waals surface area (Å²) in [5.41, 5.74) is 2.08. The zero-order valence-electron chi connectivity index (χ0n) is 7.82. The standard InChI is InChI=1S/C9H13NO2/c1-5-6(2)8(9(10)11-4)12-7(5)3/h10H,1-4H3. The number of ether oxygens (including phenoxy) is 1. The summed E-state index contributed by atoms with van der Waals surface area (Å²) >= 11 is 0. The van der Waals surface area contributed by atoms with E-state index >= 15 is 0 Å². The van der Waals surface area contributed by atoms with Gasteiger partial charge in [0.15, 0.2) is 5.76 Å². The molecule has 0 amide bonds. The average Bonchev–Trinajstić information content (AvgIpc) is 2.32. The van der Waals surface area contributed by atoms with Crippen LogP contribution in [0.15, 0.2) is 4.42 Å². The van der Waals surface area contributed by atoms with Gasteiger partial charge in [-0.3, -0.25) is 5.41 Å². The Morgan fingerprint density at radius 1 is 1.25 bits per heavy atom. The van der Waals surface area contributed by atoms with Gasteiger partial charge in [0.2, 0.25) is 5.90 Å². The van der Waals surface area contributed by atoms with E-state index in [0.717, 1.165) is 16.9 Å². The maximum Gasteiger partial charge on any atom is 0.250 e. The van der Waals surface area contributed by atoms with Crippen molar-refractivity contribution < 1.29 is 9.15 Å². The Kier molecular flexibility index (Phi) is 2.22. The Hall–Kier alpha value is -1.25. The van der Waals surface area contributed by atoms with Crippen LogP contribution >= 0.6 is 0 Å². The van der Waals surface area contributed by atoms with Crippen molar-refractivity contribution in [3.05, 3.63) is 22.6 Å². The van der Waals surface area contributed by atoms with Gasteiger partial charge in [-0.25, -0.2) is 0 Å². The SMILES string of the molecule is COC(=N)c1oc(C)c(C)c1C. The van der Waals surface area contributed by atoms with Gasteiger partial charge in [0.1, 0.15) is 5.76 Å². The van der Waals surface area contributed by atoms with Crippen molar-refractivity contribution in [3.8, 4) is 0 Å². The molecule has 66 valence electrons. The summed E-state index contributed by atoms with van der Waals surface area (Å²) in [5.74, 6) is 1.47. The molecule has 1 rings (SSSR count). The number of rotatable bonds is 1. The van der Waals surface area contributed by atoms with E-state index in [0.29, 0.717) is 5.76 Å². The van der Waals surface area contributed by atoms with Crippen molar-refractivity contribution in [2.75, 3.05) is 7.11 Å². The molecule has 0 radical (unpaired) electrons. The Labute approximate surface area is 71.8 Å². The predicted molar refractivity (Wildman–Crippen MR) is 46.8 cm³/mol. The molecule has 3 nitrogen and oxygen atoms in total. The van der Waals surface area contributed by atoms with Crippen LogP contribution in [0.1, 0.15) is 22.6 Å². The smallest absolute Gasteiger partial charge is 0.250 e. The lowest BCUT2D eigenvalue weighted by Crippen LogP contribution is -2.01. The van der Waals surface area contributed by atoms with E-state index in [2.05, 4.69) is 0 Å². The molecule has 12 heavy (non-hydrogen) atoms. The van der Waals surface area contributed by atoms with Gasteiger partial charge in [-0.05, 0) is 26.3 Å². The maximum atomic E-state index is 7.41. The zero-order valence-corrected chi connectivity index (χ0v) is 7.82. The van der Waals surface area contributed by atoms with Crippen LogP contribution in [0.25, 0.3) is 0 Å². The van der Waals surface area contributed by atoms with E-state index in [-0.39, 0.29) is 5.90 Å². The summed E-state index contributed by atoms with van der Waals surface area (Å²) in [6, 6.07) is 0. The van der Waals surface area contributed by atoms with Crippen molar-refractivity contribution in [1.82, 2.24) is 0 Å². The summed E-state index contributed by atoms with van der Waals surface area (Å²) in [6.07, 6.45) is 0. The van der Waals surface area contributed by atoms with Crippen LogP contribution in [0.3, 0.4) is 0 Å². The molecule has 0 saturated carbocycles. The van der Waals surface area contributed by atoms with E-state index in [1.165, 1.54) is 7.11 Å². The van der Waals surface area contributed by atoms with Crippen molar-refractivity contribution in [3.63, 3.8) is 0 Å². The Bertz CT molecular complexity index is 313. The first-order chi connectivity index (χ1) is 5.57. The van der Waals surface area contributed by atoms with Gasteiger partial charge < -0.3 is 9.15 Å². The normalized spacial score (nSPS) is 10.0. The van der Waals surface area contributed by atoms with Crippen molar-refractivity contribution >= 4 is 5.90 Å². The molecule has 0 bridgehead atoms. The van der Waals surface area contributed by atoms with Gasteiger partial charge in [0.05, 0.1) is 7.11 Å². The topological polar surface area (TPSA) is 46.2 Å². The average molecular weight is 167 g/mol. The molecular weight excluding hydrogens is 154 g/mol. The molecule has 0 spiro atoms. The van der Waals surface area contributed by atoms with Crippen molar-refractivity contribution in [2.45, 2.75) is 20.8 Å². The van der Waals surface area contributed by atoms with Crippen LogP contribution < -0.4 is 0 Å². The molecule has 0 aliphatic rings. The third-order valence-corrected chi connectivity index (χ3v) is 2.10. The molecule has 0 aliphatic heterocycles. The van der Waals surface area contributed by atoms with Crippen LogP contribution in [0, 0.1) is 26.2 Å². The first-order valence-corrected chi connectivity index (χ1v) is 3.77. The molecule has 1 aromatic rings. The Morgan fingerprint density at radius 2 is 1.83 bits per heavy atom. The first-order valence-electron chi connectivity index (χ1n) is 3.77. The van der Waals surface area contributed by atoms with Gasteiger partial charge >= 0.3 is 0 Å². The minimum Gasteiger partial charge on any atom is -0.479 e. The van der Waals surface area contributed by atoms with Crippen molar-refractivity contribution in [1.29, 1.82) is 5.41 Å². The number of hydrogen-bond acceptors (Lipinski definition) is 3. The fourth-order valence-corrected chi connectivity index (χ4v) is 1.05. The zero-order chi connectivity index (χ0) is 9.30. The summed E-state index contributed by atoms with van der Waals surface area (Å²) < 4.78 is 10.1. The van der Waals surface area contributed by atoms with E-state index in [4.69, 9.17) is 14.6 Å². The van der Waals surface area contributed by atoms with E-state index in [9.17, 15) is 0 Å². The number of furan rings is 1. The highest BCUT2D eigenvalue weighted by Gasteiger charge is 2.14. The molecule has 1 heterocycles. The van der Waals surface area contributed by atoms with Crippen LogP contribution in [-0.4, -0.2) is 13.0 Å². The molecule has 3 heteroatoms. The molecule has 1 N–H and O–H groups in total. The molecule has 0 fully saturated rings. The highest BCUT2D eigenvalue weighted by atomic mass is 16.5. The second kappa shape index (κ2) is 3.01. The first kappa shape index (κ1) is 8.84. The van der Waals surface area contributed by atoms with Crippen LogP contribution in [0.5, 0.6) is 0 Å². The monoisotopic (exact) mass is 167 g/mol. The van der Waals surface area contributed by atoms with Crippen LogP contribution in [0.2, 0.25) is 0 Å². The van der Waals surface area contributed by atoms with Crippen molar-refractivity contribution in [2.24, 2.45) is 0 Å². The summed E-state index contributed by atoms with van der Waals surface area (Å²) in [6.45, 7) is 5.78. The lowest BCUT2D eigenvalue weighted by Gasteiger charge is -1.98. The molecule has 0 aromatic carbocycles. The summed E-state index contributed by atoms with van der Waals surface area (Å²) in [5, 5.41) is 7.41.